The standard InChI is InChI=1S/C19H17NO7/c21-14(11-5-6-15-16(7-11)27-10-26-15)9-25-17(22)8-20-18(23)12-3-1-2-4-13(12)19(20)24/h1-2,5-7,12-13H,3-4,8-10H2/t12-,13-/m1/s1. The zero-order chi connectivity index (χ0) is 19.0. The van der Waals surface area contributed by atoms with Gasteiger partial charge < -0.3 is 14.2 Å². The number of imide groups is 1. The van der Waals surface area contributed by atoms with Gasteiger partial charge >= 0.3 is 5.97 Å². The quantitative estimate of drug-likeness (QED) is 0.331. The van der Waals surface area contributed by atoms with E-state index in [1.807, 2.05) is 12.2 Å². The molecule has 2 aliphatic heterocycles. The van der Waals surface area contributed by atoms with E-state index in [1.165, 1.54) is 6.07 Å². The third-order valence-corrected chi connectivity index (χ3v) is 4.94. The van der Waals surface area contributed by atoms with Gasteiger partial charge in [0.15, 0.2) is 23.9 Å². The third-order valence-electron chi connectivity index (χ3n) is 4.94. The van der Waals surface area contributed by atoms with Crippen LogP contribution in [0.5, 0.6) is 11.5 Å². The number of hydrogen-bond donors (Lipinski definition) is 0. The fourth-order valence-corrected chi connectivity index (χ4v) is 3.50. The van der Waals surface area contributed by atoms with Crippen molar-refractivity contribution in [2.75, 3.05) is 19.9 Å². The summed E-state index contributed by atoms with van der Waals surface area (Å²) in [7, 11) is 0. The van der Waals surface area contributed by atoms with Crippen LogP contribution in [0.15, 0.2) is 30.4 Å². The van der Waals surface area contributed by atoms with Crippen molar-refractivity contribution < 1.29 is 33.4 Å². The second-order valence-electron chi connectivity index (χ2n) is 6.57. The summed E-state index contributed by atoms with van der Waals surface area (Å²) in [5.74, 6) is -1.71. The monoisotopic (exact) mass is 371 g/mol. The van der Waals surface area contributed by atoms with Crippen molar-refractivity contribution in [3.63, 3.8) is 0 Å². The third kappa shape index (κ3) is 3.18. The van der Waals surface area contributed by atoms with Crippen LogP contribution in [0.1, 0.15) is 23.2 Å². The van der Waals surface area contributed by atoms with Crippen molar-refractivity contribution >= 4 is 23.6 Å². The van der Waals surface area contributed by atoms with Gasteiger partial charge in [-0.2, -0.15) is 0 Å². The van der Waals surface area contributed by atoms with E-state index in [1.54, 1.807) is 12.1 Å². The number of amides is 2. The van der Waals surface area contributed by atoms with Gasteiger partial charge in [-0.05, 0) is 31.0 Å². The molecule has 1 fully saturated rings. The average molecular weight is 371 g/mol. The lowest BCUT2D eigenvalue weighted by Gasteiger charge is -2.14. The predicted octanol–water partition coefficient (Wildman–Crippen LogP) is 1.09. The number of carbonyl (C=O) groups excluding carboxylic acids is 4. The van der Waals surface area contributed by atoms with Crippen LogP contribution in [-0.2, 0) is 19.1 Å². The molecule has 0 saturated carbocycles. The van der Waals surface area contributed by atoms with Gasteiger partial charge in [-0.25, -0.2) is 0 Å². The molecule has 1 aromatic rings. The fraction of sp³-hybridized carbons (Fsp3) is 0.368. The summed E-state index contributed by atoms with van der Waals surface area (Å²) < 4.78 is 15.3. The maximum Gasteiger partial charge on any atom is 0.326 e. The fourth-order valence-electron chi connectivity index (χ4n) is 3.50. The number of ether oxygens (including phenoxy) is 3. The van der Waals surface area contributed by atoms with Crippen molar-refractivity contribution in [3.05, 3.63) is 35.9 Å². The minimum Gasteiger partial charge on any atom is -0.456 e. The molecule has 2 heterocycles. The van der Waals surface area contributed by atoms with E-state index >= 15 is 0 Å². The highest BCUT2D eigenvalue weighted by molar-refractivity contribution is 6.07. The Labute approximate surface area is 154 Å². The smallest absolute Gasteiger partial charge is 0.326 e. The normalized spacial score (nSPS) is 22.7. The highest BCUT2D eigenvalue weighted by Gasteiger charge is 2.47. The van der Waals surface area contributed by atoms with Crippen molar-refractivity contribution in [1.29, 1.82) is 0 Å². The maximum absolute atomic E-state index is 12.3. The van der Waals surface area contributed by atoms with Gasteiger partial charge in [0.2, 0.25) is 18.6 Å². The number of likely N-dealkylation sites (tertiary alicyclic amines) is 1. The number of rotatable bonds is 5. The van der Waals surface area contributed by atoms with Crippen LogP contribution in [0, 0.1) is 11.8 Å². The van der Waals surface area contributed by atoms with Crippen molar-refractivity contribution in [2.45, 2.75) is 12.8 Å². The molecule has 8 nitrogen and oxygen atoms in total. The van der Waals surface area contributed by atoms with Crippen LogP contribution < -0.4 is 9.47 Å². The van der Waals surface area contributed by atoms with E-state index in [-0.39, 0.29) is 18.6 Å². The molecule has 4 rings (SSSR count). The topological polar surface area (TPSA) is 99.2 Å². The molecule has 1 saturated heterocycles. The number of nitrogens with zero attached hydrogens (tertiary/aromatic N) is 1. The number of fused-ring (bicyclic) bond motifs is 2. The first-order valence-corrected chi connectivity index (χ1v) is 8.63. The van der Waals surface area contributed by atoms with Gasteiger partial charge in [0, 0.05) is 5.56 Å². The second kappa shape index (κ2) is 6.86. The lowest BCUT2D eigenvalue weighted by atomic mass is 9.85. The Morgan fingerprint density at radius 2 is 1.70 bits per heavy atom. The molecule has 0 aromatic heterocycles. The number of Topliss-reactive ketones (excluding diaryl/α,β-unsaturated/α-hetero) is 1. The molecule has 8 heteroatoms. The number of benzene rings is 1. The summed E-state index contributed by atoms with van der Waals surface area (Å²) in [6.07, 6.45) is 4.75. The van der Waals surface area contributed by atoms with Gasteiger partial charge in [0.05, 0.1) is 11.8 Å². The number of carbonyl (C=O) groups is 4. The molecular formula is C19H17NO7. The summed E-state index contributed by atoms with van der Waals surface area (Å²) >= 11 is 0. The largest absolute Gasteiger partial charge is 0.456 e. The van der Waals surface area contributed by atoms with Crippen LogP contribution in [0.2, 0.25) is 0 Å². The zero-order valence-electron chi connectivity index (χ0n) is 14.4. The van der Waals surface area contributed by atoms with E-state index in [0.29, 0.717) is 29.9 Å². The van der Waals surface area contributed by atoms with Crippen LogP contribution in [0.4, 0.5) is 0 Å². The number of esters is 1. The van der Waals surface area contributed by atoms with E-state index in [2.05, 4.69) is 0 Å². The summed E-state index contributed by atoms with van der Waals surface area (Å²) in [5, 5.41) is 0. The molecule has 140 valence electrons. The number of allylic oxidation sites excluding steroid dienone is 2. The molecule has 1 aromatic carbocycles. The van der Waals surface area contributed by atoms with Crippen molar-refractivity contribution in [2.24, 2.45) is 11.8 Å². The van der Waals surface area contributed by atoms with Gasteiger partial charge in [0.25, 0.3) is 0 Å². The summed E-state index contributed by atoms with van der Waals surface area (Å²) in [6, 6.07) is 4.67. The minimum atomic E-state index is -0.794. The molecule has 2 atom stereocenters. The molecule has 0 spiro atoms. The number of hydrogen-bond acceptors (Lipinski definition) is 7. The first kappa shape index (κ1) is 17.3. The van der Waals surface area contributed by atoms with E-state index in [0.717, 1.165) is 4.90 Å². The molecule has 3 aliphatic rings. The first-order chi connectivity index (χ1) is 13.0. The highest BCUT2D eigenvalue weighted by Crippen LogP contribution is 2.35. The summed E-state index contributed by atoms with van der Waals surface area (Å²) in [5.41, 5.74) is 0.317. The van der Waals surface area contributed by atoms with Crippen LogP contribution in [0.25, 0.3) is 0 Å². The minimum absolute atomic E-state index is 0.0946. The lowest BCUT2D eigenvalue weighted by Crippen LogP contribution is -2.37. The van der Waals surface area contributed by atoms with Gasteiger partial charge in [-0.3, -0.25) is 24.1 Å². The van der Waals surface area contributed by atoms with E-state index in [9.17, 15) is 19.2 Å². The Morgan fingerprint density at radius 3 is 2.41 bits per heavy atom. The van der Waals surface area contributed by atoms with Gasteiger partial charge in [-0.1, -0.05) is 12.2 Å². The van der Waals surface area contributed by atoms with Crippen molar-refractivity contribution in [1.82, 2.24) is 4.90 Å². The van der Waals surface area contributed by atoms with Crippen molar-refractivity contribution in [3.8, 4) is 11.5 Å². The lowest BCUT2D eigenvalue weighted by molar-refractivity contribution is -0.152. The summed E-state index contributed by atoms with van der Waals surface area (Å²) in [6.45, 7) is -0.862. The first-order valence-electron chi connectivity index (χ1n) is 8.63. The Bertz CT molecular complexity index is 834. The molecular weight excluding hydrogens is 354 g/mol. The average Bonchev–Trinajstić information content (AvgIpc) is 3.25. The second-order valence-corrected chi connectivity index (χ2v) is 6.57. The molecule has 0 bridgehead atoms. The Kier molecular flexibility index (Phi) is 4.39. The maximum atomic E-state index is 12.3. The molecule has 0 radical (unpaired) electrons. The van der Waals surface area contributed by atoms with Crippen LogP contribution >= 0.6 is 0 Å². The Hall–Kier alpha value is -3.16. The zero-order valence-corrected chi connectivity index (χ0v) is 14.4. The Balaban J connectivity index is 1.33. The predicted molar refractivity (Wildman–Crippen MR) is 89.9 cm³/mol. The number of ketones is 1. The molecule has 27 heavy (non-hydrogen) atoms. The highest BCUT2D eigenvalue weighted by atomic mass is 16.7. The molecule has 0 unspecified atom stereocenters. The van der Waals surface area contributed by atoms with Gasteiger partial charge in [0.1, 0.15) is 6.54 Å². The van der Waals surface area contributed by atoms with E-state index in [4.69, 9.17) is 14.2 Å². The molecule has 2 amide bonds. The van der Waals surface area contributed by atoms with Gasteiger partial charge in [-0.15, -0.1) is 0 Å². The Morgan fingerprint density at radius 1 is 1.04 bits per heavy atom. The molecule has 1 aliphatic carbocycles. The SMILES string of the molecule is O=C(CN1C(=O)[C@@H]2CC=CC[C@H]2C1=O)OCC(=O)c1ccc2c(c1)OCO2. The summed E-state index contributed by atoms with van der Waals surface area (Å²) in [4.78, 5) is 49.8. The molecule has 0 N–H and O–H groups in total. The van der Waals surface area contributed by atoms with E-state index < -0.39 is 36.7 Å². The van der Waals surface area contributed by atoms with Crippen LogP contribution in [0.3, 0.4) is 0 Å². The van der Waals surface area contributed by atoms with Crippen LogP contribution in [-0.4, -0.2) is 48.4 Å².